The second-order valence-electron chi connectivity index (χ2n) is 5.19. The van der Waals surface area contributed by atoms with Gasteiger partial charge in [-0.2, -0.15) is 0 Å². The van der Waals surface area contributed by atoms with Crippen LogP contribution in [0, 0.1) is 6.92 Å². The van der Waals surface area contributed by atoms with Crippen LogP contribution < -0.4 is 14.4 Å². The molecule has 1 aromatic heterocycles. The molecule has 0 aliphatic carbocycles. The third-order valence-electron chi connectivity index (χ3n) is 3.54. The van der Waals surface area contributed by atoms with Crippen molar-refractivity contribution in [1.82, 2.24) is 4.72 Å². The van der Waals surface area contributed by atoms with Crippen LogP contribution in [0.4, 0.5) is 5.69 Å². The van der Waals surface area contributed by atoms with E-state index in [1.165, 1.54) is 16.2 Å². The second-order valence-corrected chi connectivity index (χ2v) is 8.47. The average Bonchev–Trinajstić information content (AvgIpc) is 2.97. The lowest BCUT2D eigenvalue weighted by Crippen LogP contribution is -2.49. The van der Waals surface area contributed by atoms with E-state index in [0.717, 1.165) is 4.88 Å². The summed E-state index contributed by atoms with van der Waals surface area (Å²) in [5.74, 6) is 0.277. The number of nitrogens with one attached hydrogen (secondary N) is 1. The van der Waals surface area contributed by atoms with Gasteiger partial charge in [0.05, 0.1) is 12.2 Å². The van der Waals surface area contributed by atoms with Crippen LogP contribution in [0.3, 0.4) is 0 Å². The van der Waals surface area contributed by atoms with Gasteiger partial charge in [-0.1, -0.05) is 12.1 Å². The number of fused-ring (bicyclic) bond motifs is 1. The van der Waals surface area contributed by atoms with Gasteiger partial charge in [-0.25, -0.2) is 13.1 Å². The monoisotopic (exact) mass is 352 g/mol. The zero-order chi connectivity index (χ0) is 16.6. The minimum absolute atomic E-state index is 0.114. The summed E-state index contributed by atoms with van der Waals surface area (Å²) in [6.45, 7) is 1.72. The Morgan fingerprint density at radius 2 is 2.00 bits per heavy atom. The van der Waals surface area contributed by atoms with E-state index in [4.69, 9.17) is 4.74 Å². The molecule has 0 bridgehead atoms. The number of hydrogen-bond acceptors (Lipinski definition) is 5. The number of thiophene rings is 1. The van der Waals surface area contributed by atoms with Gasteiger partial charge in [0.1, 0.15) is 9.96 Å². The molecule has 1 aliphatic heterocycles. The summed E-state index contributed by atoms with van der Waals surface area (Å²) in [5.41, 5.74) is 0.672. The fraction of sp³-hybridized carbons (Fsp3) is 0.267. The topological polar surface area (TPSA) is 75.7 Å². The molecule has 0 fully saturated rings. The predicted octanol–water partition coefficient (Wildman–Crippen LogP) is 1.76. The Bertz CT molecular complexity index is 845. The first-order chi connectivity index (χ1) is 10.9. The second kappa shape index (κ2) is 5.95. The molecule has 0 saturated heterocycles. The van der Waals surface area contributed by atoms with Crippen molar-refractivity contribution in [3.63, 3.8) is 0 Å². The van der Waals surface area contributed by atoms with Gasteiger partial charge in [0.25, 0.3) is 5.91 Å². The summed E-state index contributed by atoms with van der Waals surface area (Å²) in [6.07, 6.45) is -0.884. The number of amides is 1. The smallest absolute Gasteiger partial charge is 0.269 e. The van der Waals surface area contributed by atoms with E-state index in [1.54, 1.807) is 37.4 Å². The maximum Gasteiger partial charge on any atom is 0.269 e. The number of anilines is 1. The minimum atomic E-state index is -3.64. The van der Waals surface area contributed by atoms with Gasteiger partial charge in [-0.3, -0.25) is 4.79 Å². The molecule has 1 aromatic carbocycles. The molecule has 23 heavy (non-hydrogen) atoms. The van der Waals surface area contributed by atoms with Crippen molar-refractivity contribution in [2.24, 2.45) is 0 Å². The van der Waals surface area contributed by atoms with Gasteiger partial charge >= 0.3 is 0 Å². The van der Waals surface area contributed by atoms with Crippen LogP contribution in [0.15, 0.2) is 40.6 Å². The molecule has 1 N–H and O–H groups in total. The molecule has 1 unspecified atom stereocenters. The van der Waals surface area contributed by atoms with Crippen molar-refractivity contribution in [2.45, 2.75) is 17.2 Å². The van der Waals surface area contributed by atoms with Crippen LogP contribution in [-0.2, 0) is 14.8 Å². The molecular formula is C15H16N2O4S2. The Morgan fingerprint density at radius 3 is 2.70 bits per heavy atom. The Labute approximate surface area is 138 Å². The average molecular weight is 352 g/mol. The van der Waals surface area contributed by atoms with Crippen molar-refractivity contribution in [2.75, 3.05) is 18.5 Å². The molecule has 0 spiro atoms. The number of aryl methyl sites for hydroxylation is 1. The third-order valence-corrected chi connectivity index (χ3v) is 6.46. The maximum absolute atomic E-state index is 12.3. The van der Waals surface area contributed by atoms with Crippen LogP contribution in [0.2, 0.25) is 0 Å². The Hall–Kier alpha value is -1.90. The normalized spacial score (nSPS) is 17.7. The number of carbonyl (C=O) groups excluding carboxylic acids is 1. The number of carbonyl (C=O) groups is 1. The van der Waals surface area contributed by atoms with Crippen molar-refractivity contribution < 1.29 is 17.9 Å². The molecule has 122 valence electrons. The van der Waals surface area contributed by atoms with E-state index in [-0.39, 0.29) is 16.7 Å². The minimum Gasteiger partial charge on any atom is -0.477 e. The fourth-order valence-electron chi connectivity index (χ4n) is 2.31. The van der Waals surface area contributed by atoms with Gasteiger partial charge in [0.15, 0.2) is 6.10 Å². The molecule has 1 amide bonds. The van der Waals surface area contributed by atoms with E-state index in [0.29, 0.717) is 11.4 Å². The molecule has 0 saturated carbocycles. The number of ether oxygens (including phenoxy) is 1. The lowest BCUT2D eigenvalue weighted by Gasteiger charge is -2.31. The third kappa shape index (κ3) is 3.10. The fourth-order valence-corrected chi connectivity index (χ4v) is 4.67. The van der Waals surface area contributed by atoms with Gasteiger partial charge in [-0.15, -0.1) is 11.3 Å². The number of likely N-dealkylation sites (N-methyl/N-ethyl adjacent to an activating group) is 1. The number of para-hydroxylation sites is 2. The highest BCUT2D eigenvalue weighted by Crippen LogP contribution is 2.32. The zero-order valence-corrected chi connectivity index (χ0v) is 14.3. The summed E-state index contributed by atoms with van der Waals surface area (Å²) < 4.78 is 32.8. The molecule has 6 nitrogen and oxygen atoms in total. The lowest BCUT2D eigenvalue weighted by atomic mass is 10.2. The first-order valence-corrected chi connectivity index (χ1v) is 9.28. The summed E-state index contributed by atoms with van der Waals surface area (Å²) in [4.78, 5) is 14.7. The molecule has 3 rings (SSSR count). The van der Waals surface area contributed by atoms with Crippen molar-refractivity contribution in [1.29, 1.82) is 0 Å². The SMILES string of the molecule is Cc1ccc(S(=O)(=O)NCC2Oc3ccccc3N(C)C2=O)s1. The summed E-state index contributed by atoms with van der Waals surface area (Å²) in [6, 6.07) is 10.4. The number of hydrogen-bond donors (Lipinski definition) is 1. The standard InChI is InChI=1S/C15H16N2O4S2/c1-10-7-8-14(22-10)23(19,20)16-9-13-15(18)17(2)11-5-3-4-6-12(11)21-13/h3-8,13,16H,9H2,1-2H3. The van der Waals surface area contributed by atoms with E-state index in [2.05, 4.69) is 4.72 Å². The summed E-state index contributed by atoms with van der Waals surface area (Å²) in [7, 11) is -1.99. The largest absolute Gasteiger partial charge is 0.477 e. The molecule has 1 aliphatic rings. The molecule has 8 heteroatoms. The number of nitrogens with zero attached hydrogens (tertiary/aromatic N) is 1. The van der Waals surface area contributed by atoms with Crippen LogP contribution in [0.5, 0.6) is 5.75 Å². The van der Waals surface area contributed by atoms with E-state index < -0.39 is 16.1 Å². The molecule has 1 atom stereocenters. The molecular weight excluding hydrogens is 336 g/mol. The quantitative estimate of drug-likeness (QED) is 0.910. The van der Waals surface area contributed by atoms with E-state index >= 15 is 0 Å². The highest BCUT2D eigenvalue weighted by atomic mass is 32.2. The highest BCUT2D eigenvalue weighted by molar-refractivity contribution is 7.91. The number of rotatable bonds is 4. The summed E-state index contributed by atoms with van der Waals surface area (Å²) in [5, 5.41) is 0. The van der Waals surface area contributed by atoms with E-state index in [9.17, 15) is 13.2 Å². The van der Waals surface area contributed by atoms with Gasteiger partial charge < -0.3 is 9.64 Å². The highest BCUT2D eigenvalue weighted by Gasteiger charge is 2.33. The Balaban J connectivity index is 1.75. The van der Waals surface area contributed by atoms with Crippen LogP contribution >= 0.6 is 11.3 Å². The first-order valence-electron chi connectivity index (χ1n) is 6.98. The maximum atomic E-state index is 12.3. The summed E-state index contributed by atoms with van der Waals surface area (Å²) >= 11 is 1.18. The van der Waals surface area contributed by atoms with Crippen LogP contribution in [0.1, 0.15) is 4.88 Å². The van der Waals surface area contributed by atoms with Gasteiger partial charge in [-0.05, 0) is 31.2 Å². The van der Waals surface area contributed by atoms with Crippen molar-refractivity contribution in [3.8, 4) is 5.75 Å². The van der Waals surface area contributed by atoms with Crippen LogP contribution in [-0.4, -0.2) is 34.0 Å². The lowest BCUT2D eigenvalue weighted by molar-refractivity contribution is -0.125. The molecule has 2 aromatic rings. The van der Waals surface area contributed by atoms with Gasteiger partial charge in [0.2, 0.25) is 10.0 Å². The molecule has 0 radical (unpaired) electrons. The number of sulfonamides is 1. The first kappa shape index (κ1) is 16.0. The Morgan fingerprint density at radius 1 is 1.26 bits per heavy atom. The van der Waals surface area contributed by atoms with E-state index in [1.807, 2.05) is 13.0 Å². The van der Waals surface area contributed by atoms with Crippen molar-refractivity contribution >= 4 is 33.0 Å². The Kier molecular flexibility index (Phi) is 4.13. The zero-order valence-electron chi connectivity index (χ0n) is 12.6. The van der Waals surface area contributed by atoms with Crippen LogP contribution in [0.25, 0.3) is 0 Å². The predicted molar refractivity (Wildman–Crippen MR) is 88.5 cm³/mol. The van der Waals surface area contributed by atoms with Gasteiger partial charge in [0, 0.05) is 11.9 Å². The number of benzene rings is 1. The molecule has 2 heterocycles. The van der Waals surface area contributed by atoms with Crippen molar-refractivity contribution in [3.05, 3.63) is 41.3 Å².